The lowest BCUT2D eigenvalue weighted by Gasteiger charge is -2.04. The molecule has 0 aliphatic heterocycles. The average Bonchev–Trinajstić information content (AvgIpc) is 2.68. The van der Waals surface area contributed by atoms with Crippen LogP contribution in [-0.2, 0) is 0 Å². The zero-order valence-corrected chi connectivity index (χ0v) is 8.95. The maximum absolute atomic E-state index is 11.5. The fourth-order valence-corrected chi connectivity index (χ4v) is 1.95. The molecule has 0 saturated heterocycles. The summed E-state index contributed by atoms with van der Waals surface area (Å²) in [7, 11) is 0. The zero-order chi connectivity index (χ0) is 11.8. The summed E-state index contributed by atoms with van der Waals surface area (Å²) in [6, 6.07) is 13.5. The Morgan fingerprint density at radius 1 is 1.06 bits per heavy atom. The largest absolute Gasteiger partial charge is 0.710 e. The van der Waals surface area contributed by atoms with Crippen molar-refractivity contribution in [3.05, 3.63) is 60.1 Å². The minimum atomic E-state index is 0.218. The number of imidazole rings is 1. The van der Waals surface area contributed by atoms with E-state index >= 15 is 0 Å². The predicted molar refractivity (Wildman–Crippen MR) is 63.5 cm³/mol. The number of benzene rings is 2. The quantitative estimate of drug-likeness (QED) is 0.393. The zero-order valence-electron chi connectivity index (χ0n) is 8.95. The van der Waals surface area contributed by atoms with Gasteiger partial charge in [-0.2, -0.15) is 0 Å². The van der Waals surface area contributed by atoms with E-state index in [9.17, 15) is 10.4 Å². The van der Waals surface area contributed by atoms with Crippen molar-refractivity contribution >= 4 is 10.8 Å². The predicted octanol–water partition coefficient (Wildman–Crippen LogP) is 2.18. The second-order valence-electron chi connectivity index (χ2n) is 3.85. The van der Waals surface area contributed by atoms with Crippen molar-refractivity contribution in [1.29, 1.82) is 0 Å². The van der Waals surface area contributed by atoms with Crippen LogP contribution in [0, 0.1) is 5.21 Å². The molecule has 1 heterocycles. The molecule has 0 aliphatic rings. The van der Waals surface area contributed by atoms with Gasteiger partial charge in [-0.3, -0.25) is 0 Å². The maximum Gasteiger partial charge on any atom is 0.331 e. The monoisotopic (exact) mass is 226 g/mol. The smallest absolute Gasteiger partial charge is 0.331 e. The highest BCUT2D eigenvalue weighted by molar-refractivity contribution is 5.86. The SMILES string of the molecule is [O-][n+]1ccn(O)c1-c1ccc2ccccc2c1. The maximum atomic E-state index is 11.5. The van der Waals surface area contributed by atoms with E-state index in [-0.39, 0.29) is 5.82 Å². The summed E-state index contributed by atoms with van der Waals surface area (Å²) in [5.74, 6) is 0.218. The molecule has 0 saturated carbocycles. The Labute approximate surface area is 97.5 Å². The second-order valence-corrected chi connectivity index (χ2v) is 3.85. The van der Waals surface area contributed by atoms with Gasteiger partial charge in [0.25, 0.3) is 0 Å². The number of aromatic nitrogens is 2. The Bertz CT molecular complexity index is 669. The van der Waals surface area contributed by atoms with Gasteiger partial charge in [-0.15, -0.1) is 0 Å². The van der Waals surface area contributed by atoms with Crippen molar-refractivity contribution in [2.45, 2.75) is 0 Å². The third kappa shape index (κ3) is 1.50. The summed E-state index contributed by atoms with van der Waals surface area (Å²) >= 11 is 0. The van der Waals surface area contributed by atoms with Gasteiger partial charge in [0, 0.05) is 0 Å². The number of fused-ring (bicyclic) bond motifs is 1. The second kappa shape index (κ2) is 3.52. The molecule has 4 nitrogen and oxygen atoms in total. The molecule has 1 aromatic heterocycles. The lowest BCUT2D eigenvalue weighted by atomic mass is 10.1. The van der Waals surface area contributed by atoms with Crippen molar-refractivity contribution in [3.63, 3.8) is 0 Å². The van der Waals surface area contributed by atoms with E-state index in [1.54, 1.807) is 0 Å². The van der Waals surface area contributed by atoms with Gasteiger partial charge >= 0.3 is 5.82 Å². The van der Waals surface area contributed by atoms with E-state index in [4.69, 9.17) is 0 Å². The molecule has 3 aromatic rings. The molecule has 17 heavy (non-hydrogen) atoms. The molecule has 4 heteroatoms. The number of nitrogens with zero attached hydrogens (tertiary/aromatic N) is 2. The van der Waals surface area contributed by atoms with Crippen molar-refractivity contribution in [2.75, 3.05) is 0 Å². The molecule has 0 amide bonds. The standard InChI is InChI=1S/C13H10N2O2/c16-14-7-8-15(17)13(14)12-6-5-10-3-1-2-4-11(10)9-12/h1-9,16H. The van der Waals surface area contributed by atoms with Crippen LogP contribution in [0.4, 0.5) is 0 Å². The summed E-state index contributed by atoms with van der Waals surface area (Å²) in [5, 5.41) is 23.2. The molecule has 3 rings (SSSR count). The van der Waals surface area contributed by atoms with Gasteiger partial charge in [-0.05, 0) is 27.6 Å². The Hall–Kier alpha value is -2.49. The van der Waals surface area contributed by atoms with E-state index in [1.807, 2.05) is 42.5 Å². The Morgan fingerprint density at radius 2 is 1.82 bits per heavy atom. The van der Waals surface area contributed by atoms with Crippen LogP contribution in [0.3, 0.4) is 0 Å². The van der Waals surface area contributed by atoms with Crippen LogP contribution in [0.25, 0.3) is 22.2 Å². The van der Waals surface area contributed by atoms with E-state index in [2.05, 4.69) is 0 Å². The summed E-state index contributed by atoms with van der Waals surface area (Å²) in [5.41, 5.74) is 0.686. The Morgan fingerprint density at radius 3 is 2.53 bits per heavy atom. The summed E-state index contributed by atoms with van der Waals surface area (Å²) in [6.07, 6.45) is 2.59. The molecule has 0 unspecified atom stereocenters. The van der Waals surface area contributed by atoms with Crippen LogP contribution in [-0.4, -0.2) is 9.94 Å². The molecule has 1 N–H and O–H groups in total. The lowest BCUT2D eigenvalue weighted by Crippen LogP contribution is -2.26. The highest BCUT2D eigenvalue weighted by Gasteiger charge is 2.15. The van der Waals surface area contributed by atoms with Crippen molar-refractivity contribution in [1.82, 2.24) is 4.73 Å². The number of rotatable bonds is 1. The minimum Gasteiger partial charge on any atom is -0.710 e. The van der Waals surface area contributed by atoms with Crippen LogP contribution in [0.5, 0.6) is 0 Å². The molecule has 0 atom stereocenters. The average molecular weight is 226 g/mol. The third-order valence-corrected chi connectivity index (χ3v) is 2.78. The minimum absolute atomic E-state index is 0.218. The van der Waals surface area contributed by atoms with Crippen molar-refractivity contribution < 1.29 is 9.94 Å². The molecule has 0 bridgehead atoms. The first-order chi connectivity index (χ1) is 8.25. The molecule has 0 radical (unpaired) electrons. The Balaban J connectivity index is 2.25. The molecule has 0 fully saturated rings. The normalized spacial score (nSPS) is 10.8. The molecule has 2 aromatic carbocycles. The van der Waals surface area contributed by atoms with E-state index in [1.165, 1.54) is 12.4 Å². The molecule has 0 spiro atoms. The fraction of sp³-hybridized carbons (Fsp3) is 0. The van der Waals surface area contributed by atoms with Gasteiger partial charge in [-0.25, -0.2) is 4.73 Å². The Kier molecular flexibility index (Phi) is 2.01. The van der Waals surface area contributed by atoms with Crippen LogP contribution in [0.15, 0.2) is 54.9 Å². The topological polar surface area (TPSA) is 52.1 Å². The fourth-order valence-electron chi connectivity index (χ4n) is 1.95. The number of hydrogen-bond acceptors (Lipinski definition) is 2. The highest BCUT2D eigenvalue weighted by Crippen LogP contribution is 2.21. The van der Waals surface area contributed by atoms with Gasteiger partial charge in [0.1, 0.15) is 6.20 Å². The number of hydrogen-bond donors (Lipinski definition) is 1. The van der Waals surface area contributed by atoms with Gasteiger partial charge in [-0.1, -0.05) is 30.3 Å². The van der Waals surface area contributed by atoms with Gasteiger partial charge < -0.3 is 10.4 Å². The summed E-state index contributed by atoms with van der Waals surface area (Å²) < 4.78 is 1.47. The van der Waals surface area contributed by atoms with Crippen LogP contribution < -0.4 is 4.73 Å². The molecular weight excluding hydrogens is 216 g/mol. The van der Waals surface area contributed by atoms with Gasteiger partial charge in [0.2, 0.25) is 0 Å². The van der Waals surface area contributed by atoms with Crippen molar-refractivity contribution in [2.24, 2.45) is 0 Å². The first kappa shape index (κ1) is 9.72. The van der Waals surface area contributed by atoms with Gasteiger partial charge in [0.15, 0.2) is 6.20 Å². The van der Waals surface area contributed by atoms with E-state index < -0.39 is 0 Å². The third-order valence-electron chi connectivity index (χ3n) is 2.78. The lowest BCUT2D eigenvalue weighted by molar-refractivity contribution is -0.594. The van der Waals surface area contributed by atoms with Gasteiger partial charge in [0.05, 0.1) is 5.56 Å². The van der Waals surface area contributed by atoms with Crippen molar-refractivity contribution in [3.8, 4) is 11.4 Å². The first-order valence-corrected chi connectivity index (χ1v) is 5.24. The van der Waals surface area contributed by atoms with Crippen LogP contribution in [0.1, 0.15) is 0 Å². The van der Waals surface area contributed by atoms with Crippen LogP contribution >= 0.6 is 0 Å². The summed E-state index contributed by atoms with van der Waals surface area (Å²) in [4.78, 5) is 0. The highest BCUT2D eigenvalue weighted by atomic mass is 16.5. The summed E-state index contributed by atoms with van der Waals surface area (Å²) in [6.45, 7) is 0. The van der Waals surface area contributed by atoms with Crippen LogP contribution in [0.2, 0.25) is 0 Å². The van der Waals surface area contributed by atoms with E-state index in [0.29, 0.717) is 10.3 Å². The molecule has 84 valence electrons. The molecular formula is C13H10N2O2. The first-order valence-electron chi connectivity index (χ1n) is 5.24. The van der Waals surface area contributed by atoms with E-state index in [0.717, 1.165) is 15.5 Å². The molecule has 0 aliphatic carbocycles.